The number of sulfone groups is 1. The van der Waals surface area contributed by atoms with Crippen molar-refractivity contribution in [2.24, 2.45) is 11.3 Å². The van der Waals surface area contributed by atoms with Crippen LogP contribution in [0, 0.1) is 11.3 Å². The number of alkyl halides is 1. The summed E-state index contributed by atoms with van der Waals surface area (Å²) in [7, 11) is -2.77. The van der Waals surface area contributed by atoms with E-state index in [1.54, 1.807) is 0 Å². The molecule has 1 heterocycles. The molecule has 0 N–H and O–H groups in total. The summed E-state index contributed by atoms with van der Waals surface area (Å²) in [5.74, 6) is 1.54. The molecule has 0 aromatic heterocycles. The van der Waals surface area contributed by atoms with Crippen LogP contribution in [0.4, 0.5) is 0 Å². The lowest BCUT2D eigenvalue weighted by molar-refractivity contribution is 0.220. The van der Waals surface area contributed by atoms with E-state index >= 15 is 0 Å². The molecule has 1 aliphatic rings. The monoisotopic (exact) mass is 238 g/mol. The first kappa shape index (κ1) is 12.3. The van der Waals surface area contributed by atoms with E-state index in [9.17, 15) is 8.42 Å². The van der Waals surface area contributed by atoms with Gasteiger partial charge in [0.25, 0.3) is 0 Å². The van der Waals surface area contributed by atoms with Crippen molar-refractivity contribution in [3.63, 3.8) is 0 Å². The predicted molar refractivity (Wildman–Crippen MR) is 60.5 cm³/mol. The lowest BCUT2D eigenvalue weighted by Crippen LogP contribution is -2.30. The van der Waals surface area contributed by atoms with Crippen LogP contribution in [0.5, 0.6) is 0 Å². The predicted octanol–water partition coefficient (Wildman–Crippen LogP) is 2.47. The molecule has 0 aromatic carbocycles. The van der Waals surface area contributed by atoms with E-state index in [1.165, 1.54) is 0 Å². The molecular formula is C10H19ClO2S. The third-order valence-corrected chi connectivity index (χ3v) is 5.72. The fourth-order valence-electron chi connectivity index (χ4n) is 2.30. The summed E-state index contributed by atoms with van der Waals surface area (Å²) >= 11 is 5.97. The summed E-state index contributed by atoms with van der Waals surface area (Å²) in [5.41, 5.74) is 0.0138. The van der Waals surface area contributed by atoms with Gasteiger partial charge in [0.05, 0.1) is 11.5 Å². The molecular weight excluding hydrogens is 220 g/mol. The van der Waals surface area contributed by atoms with Gasteiger partial charge in [-0.05, 0) is 24.2 Å². The number of hydrogen-bond donors (Lipinski definition) is 0. The summed E-state index contributed by atoms with van der Waals surface area (Å²) in [5, 5.41) is 0. The van der Waals surface area contributed by atoms with Gasteiger partial charge in [0, 0.05) is 5.88 Å². The first-order valence-electron chi connectivity index (χ1n) is 5.20. The van der Waals surface area contributed by atoms with Crippen molar-refractivity contribution in [1.29, 1.82) is 0 Å². The zero-order valence-corrected chi connectivity index (χ0v) is 10.5. The third-order valence-electron chi connectivity index (χ3n) is 3.34. The molecule has 1 rings (SSSR count). The highest BCUT2D eigenvalue weighted by Crippen LogP contribution is 2.40. The molecule has 0 aliphatic carbocycles. The molecule has 1 aliphatic heterocycles. The quantitative estimate of drug-likeness (QED) is 0.706. The lowest BCUT2D eigenvalue weighted by atomic mass is 9.75. The van der Waals surface area contributed by atoms with Gasteiger partial charge < -0.3 is 0 Å². The molecule has 84 valence electrons. The SMILES string of the molecule is CCCC(C)(CCl)C1CCS(=O)(=O)C1. The van der Waals surface area contributed by atoms with Crippen molar-refractivity contribution in [2.45, 2.75) is 33.1 Å². The van der Waals surface area contributed by atoms with Crippen LogP contribution >= 0.6 is 11.6 Å². The summed E-state index contributed by atoms with van der Waals surface area (Å²) in [4.78, 5) is 0. The summed E-state index contributed by atoms with van der Waals surface area (Å²) in [6.45, 7) is 4.24. The summed E-state index contributed by atoms with van der Waals surface area (Å²) in [6, 6.07) is 0. The van der Waals surface area contributed by atoms with Gasteiger partial charge in [0.15, 0.2) is 9.84 Å². The zero-order valence-electron chi connectivity index (χ0n) is 8.92. The van der Waals surface area contributed by atoms with Gasteiger partial charge in [-0.25, -0.2) is 8.42 Å². The lowest BCUT2D eigenvalue weighted by Gasteiger charge is -2.32. The first-order valence-corrected chi connectivity index (χ1v) is 7.55. The Morgan fingerprint density at radius 1 is 1.50 bits per heavy atom. The summed E-state index contributed by atoms with van der Waals surface area (Å²) in [6.07, 6.45) is 2.89. The van der Waals surface area contributed by atoms with E-state index in [2.05, 4.69) is 13.8 Å². The van der Waals surface area contributed by atoms with Crippen LogP contribution < -0.4 is 0 Å². The van der Waals surface area contributed by atoms with E-state index in [1.807, 2.05) is 0 Å². The Morgan fingerprint density at radius 2 is 2.14 bits per heavy atom. The molecule has 1 fully saturated rings. The normalized spacial score (nSPS) is 30.1. The highest BCUT2D eigenvalue weighted by molar-refractivity contribution is 7.91. The van der Waals surface area contributed by atoms with Gasteiger partial charge in [-0.2, -0.15) is 0 Å². The van der Waals surface area contributed by atoms with Crippen molar-refractivity contribution in [3.05, 3.63) is 0 Å². The minimum atomic E-state index is -2.77. The van der Waals surface area contributed by atoms with Crippen molar-refractivity contribution in [3.8, 4) is 0 Å². The maximum Gasteiger partial charge on any atom is 0.150 e. The van der Waals surface area contributed by atoms with Crippen LogP contribution in [-0.2, 0) is 9.84 Å². The number of hydrogen-bond acceptors (Lipinski definition) is 2. The molecule has 2 atom stereocenters. The van der Waals surface area contributed by atoms with Gasteiger partial charge >= 0.3 is 0 Å². The van der Waals surface area contributed by atoms with Gasteiger partial charge in [0.2, 0.25) is 0 Å². The Balaban J connectivity index is 2.72. The van der Waals surface area contributed by atoms with Crippen molar-refractivity contribution in [1.82, 2.24) is 0 Å². The van der Waals surface area contributed by atoms with Gasteiger partial charge in [-0.3, -0.25) is 0 Å². The molecule has 0 bridgehead atoms. The maximum absolute atomic E-state index is 11.4. The maximum atomic E-state index is 11.4. The van der Waals surface area contributed by atoms with Crippen LogP contribution in [0.3, 0.4) is 0 Å². The summed E-state index contributed by atoms with van der Waals surface area (Å²) < 4.78 is 22.7. The standard InChI is InChI=1S/C10H19ClO2S/c1-3-5-10(2,8-11)9-4-6-14(12,13)7-9/h9H,3-8H2,1-2H3. The highest BCUT2D eigenvalue weighted by atomic mass is 35.5. The van der Waals surface area contributed by atoms with Crippen molar-refractivity contribution < 1.29 is 8.42 Å². The average molecular weight is 239 g/mol. The fourth-order valence-corrected chi connectivity index (χ4v) is 4.64. The van der Waals surface area contributed by atoms with Gasteiger partial charge in [-0.1, -0.05) is 20.3 Å². The Hall–Kier alpha value is 0.240. The second kappa shape index (κ2) is 4.40. The Bertz CT molecular complexity index is 286. The van der Waals surface area contributed by atoms with Crippen molar-refractivity contribution >= 4 is 21.4 Å². The van der Waals surface area contributed by atoms with E-state index in [4.69, 9.17) is 11.6 Å². The van der Waals surface area contributed by atoms with Crippen molar-refractivity contribution in [2.75, 3.05) is 17.4 Å². The zero-order chi connectivity index (χ0) is 10.8. The molecule has 4 heteroatoms. The molecule has 0 amide bonds. The Labute approximate surface area is 91.9 Å². The van der Waals surface area contributed by atoms with E-state index in [0.717, 1.165) is 19.3 Å². The second-order valence-corrected chi connectivity index (χ2v) is 7.13. The number of halogens is 1. The minimum Gasteiger partial charge on any atom is -0.229 e. The van der Waals surface area contributed by atoms with Crippen LogP contribution in [-0.4, -0.2) is 25.8 Å². The van der Waals surface area contributed by atoms with E-state index in [0.29, 0.717) is 17.4 Å². The Kier molecular flexibility index (Phi) is 3.87. The smallest absolute Gasteiger partial charge is 0.150 e. The van der Waals surface area contributed by atoms with Crippen LogP contribution in [0.25, 0.3) is 0 Å². The molecule has 2 nitrogen and oxygen atoms in total. The molecule has 0 saturated carbocycles. The van der Waals surface area contributed by atoms with Crippen LogP contribution in [0.15, 0.2) is 0 Å². The van der Waals surface area contributed by atoms with E-state index in [-0.39, 0.29) is 11.3 Å². The highest BCUT2D eigenvalue weighted by Gasteiger charge is 2.40. The average Bonchev–Trinajstić information content (AvgIpc) is 2.47. The Morgan fingerprint density at radius 3 is 2.50 bits per heavy atom. The van der Waals surface area contributed by atoms with E-state index < -0.39 is 9.84 Å². The molecule has 14 heavy (non-hydrogen) atoms. The molecule has 0 aromatic rings. The molecule has 0 radical (unpaired) electrons. The molecule has 1 saturated heterocycles. The minimum absolute atomic E-state index is 0.0138. The second-order valence-electron chi connectivity index (χ2n) is 4.64. The third kappa shape index (κ3) is 2.63. The van der Waals surface area contributed by atoms with Gasteiger partial charge in [0.1, 0.15) is 0 Å². The van der Waals surface area contributed by atoms with Gasteiger partial charge in [-0.15, -0.1) is 11.6 Å². The number of rotatable bonds is 4. The van der Waals surface area contributed by atoms with Crippen LogP contribution in [0.2, 0.25) is 0 Å². The molecule has 2 unspecified atom stereocenters. The topological polar surface area (TPSA) is 34.1 Å². The first-order chi connectivity index (χ1) is 6.43. The van der Waals surface area contributed by atoms with Crippen LogP contribution in [0.1, 0.15) is 33.1 Å². The molecule has 0 spiro atoms. The largest absolute Gasteiger partial charge is 0.229 e. The fraction of sp³-hybridized carbons (Fsp3) is 1.00.